The Labute approximate surface area is 132 Å². The molecular weight excluding hydrogens is 272 g/mol. The van der Waals surface area contributed by atoms with Gasteiger partial charge in [0.2, 0.25) is 6.29 Å². The lowest BCUT2D eigenvalue weighted by molar-refractivity contribution is -0.159. The zero-order valence-electron chi connectivity index (χ0n) is 13.0. The van der Waals surface area contributed by atoms with Crippen molar-refractivity contribution in [2.75, 3.05) is 0 Å². The van der Waals surface area contributed by atoms with Crippen molar-refractivity contribution in [3.63, 3.8) is 0 Å². The molecule has 2 bridgehead atoms. The monoisotopic (exact) mass is 296 g/mol. The minimum absolute atomic E-state index is 0.0529. The van der Waals surface area contributed by atoms with E-state index in [4.69, 9.17) is 9.47 Å². The van der Waals surface area contributed by atoms with Gasteiger partial charge in [0.15, 0.2) is 0 Å². The van der Waals surface area contributed by atoms with Crippen LogP contribution in [0, 0.1) is 35.0 Å². The molecule has 6 aliphatic rings. The highest BCUT2D eigenvalue weighted by atomic mass is 16.7. The molecule has 2 heterocycles. The average Bonchev–Trinajstić information content (AvgIpc) is 3.10. The predicted molar refractivity (Wildman–Crippen MR) is 82.7 cm³/mol. The summed E-state index contributed by atoms with van der Waals surface area (Å²) in [5.74, 6) is 3.92. The van der Waals surface area contributed by atoms with Crippen LogP contribution in [0.25, 0.3) is 0 Å². The second kappa shape index (κ2) is 4.10. The smallest absolute Gasteiger partial charge is 0.205 e. The third-order valence-electron chi connectivity index (χ3n) is 7.98. The van der Waals surface area contributed by atoms with E-state index in [1.807, 2.05) is 6.26 Å². The maximum atomic E-state index is 6.55. The standard InChI is InChI=1S/C20H24O2/c1-2-4-14-12(3-1)5-7-15-16-8-6-13-9-10-21-19-20(13,16)11-17(22-19)18(14)15/h1,9-10,13-19H,2,4-8,11H2/t13-,14+,15+,16+,17+,18-,19?,20+/m1/s1. The second-order valence-corrected chi connectivity index (χ2v) is 8.42. The first-order chi connectivity index (χ1) is 10.9. The van der Waals surface area contributed by atoms with Crippen LogP contribution in [0.5, 0.6) is 0 Å². The normalized spacial score (nSPS) is 56.7. The number of fused-ring (bicyclic) bond motifs is 6. The van der Waals surface area contributed by atoms with E-state index in [1.54, 1.807) is 5.57 Å². The molecule has 8 atom stereocenters. The van der Waals surface area contributed by atoms with Crippen LogP contribution in [-0.4, -0.2) is 12.4 Å². The van der Waals surface area contributed by atoms with Gasteiger partial charge >= 0.3 is 0 Å². The molecule has 0 aromatic carbocycles. The van der Waals surface area contributed by atoms with Gasteiger partial charge in [0.1, 0.15) is 0 Å². The van der Waals surface area contributed by atoms with E-state index in [0.29, 0.717) is 17.4 Å². The first-order valence-corrected chi connectivity index (χ1v) is 9.29. The molecule has 2 heteroatoms. The highest BCUT2D eigenvalue weighted by Gasteiger charge is 2.69. The Kier molecular flexibility index (Phi) is 2.32. The van der Waals surface area contributed by atoms with E-state index in [-0.39, 0.29) is 6.29 Å². The van der Waals surface area contributed by atoms with E-state index in [2.05, 4.69) is 17.9 Å². The minimum atomic E-state index is 0.0529. The fourth-order valence-corrected chi connectivity index (χ4v) is 7.33. The Morgan fingerprint density at radius 1 is 1.18 bits per heavy atom. The zero-order chi connectivity index (χ0) is 14.3. The molecule has 2 aliphatic heterocycles. The molecule has 1 spiro atoms. The van der Waals surface area contributed by atoms with E-state index >= 15 is 0 Å². The van der Waals surface area contributed by atoms with Crippen LogP contribution < -0.4 is 0 Å². The second-order valence-electron chi connectivity index (χ2n) is 8.42. The molecule has 4 fully saturated rings. The van der Waals surface area contributed by atoms with Crippen LogP contribution in [0.2, 0.25) is 0 Å². The van der Waals surface area contributed by atoms with Gasteiger partial charge in [-0.2, -0.15) is 0 Å². The highest BCUT2D eigenvalue weighted by molar-refractivity contribution is 5.24. The minimum Gasteiger partial charge on any atom is -0.472 e. The Morgan fingerprint density at radius 2 is 2.18 bits per heavy atom. The van der Waals surface area contributed by atoms with Crippen LogP contribution in [-0.2, 0) is 9.47 Å². The lowest BCUT2D eigenvalue weighted by atomic mass is 9.51. The Bertz CT molecular complexity index is 613. The van der Waals surface area contributed by atoms with Gasteiger partial charge < -0.3 is 9.47 Å². The molecule has 116 valence electrons. The predicted octanol–water partition coefficient (Wildman–Crippen LogP) is 4.19. The third-order valence-corrected chi connectivity index (χ3v) is 7.98. The first kappa shape index (κ1) is 12.4. The van der Waals surface area contributed by atoms with Crippen LogP contribution in [0.4, 0.5) is 0 Å². The molecule has 0 amide bonds. The average molecular weight is 296 g/mol. The largest absolute Gasteiger partial charge is 0.472 e. The summed E-state index contributed by atoms with van der Waals surface area (Å²) in [6, 6.07) is 0. The summed E-state index contributed by atoms with van der Waals surface area (Å²) in [7, 11) is 0. The number of allylic oxidation sites excluding steroid dienone is 2. The Balaban J connectivity index is 1.47. The van der Waals surface area contributed by atoms with E-state index in [0.717, 1.165) is 23.7 Å². The fourth-order valence-electron chi connectivity index (χ4n) is 7.33. The molecule has 2 nitrogen and oxygen atoms in total. The molecule has 0 radical (unpaired) electrons. The number of rotatable bonds is 0. The van der Waals surface area contributed by atoms with Crippen molar-refractivity contribution < 1.29 is 9.47 Å². The molecule has 0 aromatic rings. The van der Waals surface area contributed by atoms with Gasteiger partial charge in [-0.15, -0.1) is 5.73 Å². The lowest BCUT2D eigenvalue weighted by Crippen LogP contribution is -2.51. The molecule has 1 saturated heterocycles. The summed E-state index contributed by atoms with van der Waals surface area (Å²) < 4.78 is 12.6. The van der Waals surface area contributed by atoms with E-state index in [1.165, 1.54) is 44.9 Å². The third kappa shape index (κ3) is 1.30. The van der Waals surface area contributed by atoms with Gasteiger partial charge in [-0.25, -0.2) is 0 Å². The van der Waals surface area contributed by atoms with Gasteiger partial charge in [0.05, 0.1) is 12.4 Å². The Hall–Kier alpha value is -0.980. The molecule has 1 unspecified atom stereocenters. The maximum Gasteiger partial charge on any atom is 0.205 e. The van der Waals surface area contributed by atoms with Gasteiger partial charge in [-0.3, -0.25) is 0 Å². The molecule has 6 rings (SSSR count). The van der Waals surface area contributed by atoms with Crippen molar-refractivity contribution in [2.45, 2.75) is 57.3 Å². The summed E-state index contributed by atoms with van der Waals surface area (Å²) in [5.41, 5.74) is 5.54. The van der Waals surface area contributed by atoms with Crippen molar-refractivity contribution in [1.29, 1.82) is 0 Å². The SMILES string of the molecule is C1=CCC[C@H]2C=1CC[C@@H]1[C@@H]2[C@@H]2C[C@]34C(OC=C[C@H]3CC[C@@H]14)O2. The summed E-state index contributed by atoms with van der Waals surface area (Å²) in [4.78, 5) is 0. The molecule has 0 aromatic heterocycles. The van der Waals surface area contributed by atoms with Gasteiger partial charge in [-0.1, -0.05) is 0 Å². The number of ether oxygens (including phenoxy) is 2. The van der Waals surface area contributed by atoms with Gasteiger partial charge in [-0.05, 0) is 92.3 Å². The summed E-state index contributed by atoms with van der Waals surface area (Å²) >= 11 is 0. The quantitative estimate of drug-likeness (QED) is 0.624. The van der Waals surface area contributed by atoms with Crippen molar-refractivity contribution >= 4 is 0 Å². The molecule has 4 aliphatic carbocycles. The van der Waals surface area contributed by atoms with Crippen LogP contribution in [0.1, 0.15) is 44.9 Å². The van der Waals surface area contributed by atoms with Crippen LogP contribution >= 0.6 is 0 Å². The molecule has 3 saturated carbocycles. The number of hydrogen-bond acceptors (Lipinski definition) is 2. The van der Waals surface area contributed by atoms with Gasteiger partial charge in [0, 0.05) is 5.41 Å². The molecule has 22 heavy (non-hydrogen) atoms. The first-order valence-electron chi connectivity index (χ1n) is 9.29. The summed E-state index contributed by atoms with van der Waals surface area (Å²) in [5, 5.41) is 0. The maximum absolute atomic E-state index is 6.55. The van der Waals surface area contributed by atoms with Crippen molar-refractivity contribution in [3.05, 3.63) is 29.7 Å². The van der Waals surface area contributed by atoms with E-state index in [9.17, 15) is 0 Å². The van der Waals surface area contributed by atoms with Crippen molar-refractivity contribution in [3.8, 4) is 0 Å². The summed E-state index contributed by atoms with van der Waals surface area (Å²) in [6.07, 6.45) is 16.2. The molecular formula is C20H24O2. The Morgan fingerprint density at radius 3 is 3.18 bits per heavy atom. The number of hydrogen-bond donors (Lipinski definition) is 0. The topological polar surface area (TPSA) is 18.5 Å². The van der Waals surface area contributed by atoms with Crippen molar-refractivity contribution in [2.24, 2.45) is 35.0 Å². The van der Waals surface area contributed by atoms with Crippen molar-refractivity contribution in [1.82, 2.24) is 0 Å². The highest BCUT2D eigenvalue weighted by Crippen LogP contribution is 2.70. The zero-order valence-corrected chi connectivity index (χ0v) is 13.0. The lowest BCUT2D eigenvalue weighted by Gasteiger charge is -2.52. The van der Waals surface area contributed by atoms with E-state index < -0.39 is 0 Å². The fraction of sp³-hybridized carbons (Fsp3) is 0.750. The van der Waals surface area contributed by atoms with Crippen LogP contribution in [0.3, 0.4) is 0 Å². The summed E-state index contributed by atoms with van der Waals surface area (Å²) in [6.45, 7) is 0. The van der Waals surface area contributed by atoms with Gasteiger partial charge in [0.25, 0.3) is 0 Å². The molecule has 0 N–H and O–H groups in total. The van der Waals surface area contributed by atoms with Crippen LogP contribution in [0.15, 0.2) is 29.7 Å².